The molecule has 2 N–H and O–H groups in total. The molecule has 0 unspecified atom stereocenters. The number of ether oxygens (including phenoxy) is 4. The van der Waals surface area contributed by atoms with E-state index in [4.69, 9.17) is 24.7 Å². The molecule has 0 atom stereocenters. The van der Waals surface area contributed by atoms with Gasteiger partial charge in [-0.05, 0) is 6.07 Å². The van der Waals surface area contributed by atoms with Crippen LogP contribution in [-0.4, -0.2) is 59.6 Å². The van der Waals surface area contributed by atoms with Gasteiger partial charge in [0.2, 0.25) is 0 Å². The minimum absolute atomic E-state index is 0.644. The summed E-state index contributed by atoms with van der Waals surface area (Å²) < 4.78 is 21.1. The summed E-state index contributed by atoms with van der Waals surface area (Å²) in [5, 5.41) is 0. The first-order valence-corrected chi connectivity index (χ1v) is 6.86. The van der Waals surface area contributed by atoms with Gasteiger partial charge in [-0.25, -0.2) is 0 Å². The van der Waals surface area contributed by atoms with Crippen LogP contribution in [0.4, 0.5) is 5.69 Å². The summed E-state index contributed by atoms with van der Waals surface area (Å²) in [6, 6.07) is 3.67. The summed E-state index contributed by atoms with van der Waals surface area (Å²) in [5.41, 5.74) is 7.57. The van der Waals surface area contributed by atoms with E-state index in [-0.39, 0.29) is 0 Å². The number of anilines is 1. The van der Waals surface area contributed by atoms with Crippen LogP contribution in [0.3, 0.4) is 0 Å². The van der Waals surface area contributed by atoms with E-state index in [0.29, 0.717) is 36.9 Å². The van der Waals surface area contributed by atoms with Gasteiger partial charge in [0.25, 0.3) is 0 Å². The lowest BCUT2D eigenvalue weighted by Crippen LogP contribution is -2.30. The topological polar surface area (TPSA) is 66.2 Å². The summed E-state index contributed by atoms with van der Waals surface area (Å²) in [5.74, 6) is 1.36. The monoisotopic (exact) mass is 298 g/mol. The molecule has 1 aromatic rings. The molecule has 0 heterocycles. The van der Waals surface area contributed by atoms with Crippen molar-refractivity contribution in [2.75, 3.05) is 60.5 Å². The van der Waals surface area contributed by atoms with Crippen LogP contribution in [-0.2, 0) is 16.0 Å². The van der Waals surface area contributed by atoms with Gasteiger partial charge in [-0.3, -0.25) is 4.90 Å². The first-order chi connectivity index (χ1) is 10.2. The van der Waals surface area contributed by atoms with Crippen molar-refractivity contribution in [1.82, 2.24) is 4.90 Å². The highest BCUT2D eigenvalue weighted by Crippen LogP contribution is 2.34. The van der Waals surface area contributed by atoms with Gasteiger partial charge in [0, 0.05) is 51.2 Å². The van der Waals surface area contributed by atoms with Crippen LogP contribution in [0.5, 0.6) is 11.5 Å². The Morgan fingerprint density at radius 3 is 2.05 bits per heavy atom. The predicted molar refractivity (Wildman–Crippen MR) is 83.0 cm³/mol. The lowest BCUT2D eigenvalue weighted by molar-refractivity contribution is 0.109. The zero-order valence-electron chi connectivity index (χ0n) is 13.3. The van der Waals surface area contributed by atoms with Gasteiger partial charge in [-0.15, -0.1) is 0 Å². The van der Waals surface area contributed by atoms with Crippen LogP contribution in [0.25, 0.3) is 0 Å². The standard InChI is InChI=1S/C15H26N2O4/c1-18-7-5-17(6-8-19-2)11-12-9-13(16)10-14(20-3)15(12)21-4/h9-10H,5-8,11,16H2,1-4H3. The van der Waals surface area contributed by atoms with Crippen molar-refractivity contribution in [2.24, 2.45) is 0 Å². The minimum atomic E-state index is 0.644. The van der Waals surface area contributed by atoms with Crippen LogP contribution in [0.2, 0.25) is 0 Å². The summed E-state index contributed by atoms with van der Waals surface area (Å²) in [4.78, 5) is 2.23. The Kier molecular flexibility index (Phi) is 7.89. The first-order valence-electron chi connectivity index (χ1n) is 6.86. The lowest BCUT2D eigenvalue weighted by atomic mass is 10.1. The highest BCUT2D eigenvalue weighted by molar-refractivity contribution is 5.57. The molecule has 0 saturated carbocycles. The van der Waals surface area contributed by atoms with E-state index < -0.39 is 0 Å². The predicted octanol–water partition coefficient (Wildman–Crippen LogP) is 1.38. The molecule has 21 heavy (non-hydrogen) atoms. The number of nitrogens with zero attached hydrogens (tertiary/aromatic N) is 1. The molecule has 0 saturated heterocycles. The lowest BCUT2D eigenvalue weighted by Gasteiger charge is -2.23. The van der Waals surface area contributed by atoms with E-state index in [1.807, 2.05) is 6.07 Å². The largest absolute Gasteiger partial charge is 0.493 e. The Bertz CT molecular complexity index is 418. The molecule has 0 fully saturated rings. The van der Waals surface area contributed by atoms with E-state index >= 15 is 0 Å². The maximum atomic E-state index is 5.93. The number of nitrogen functional groups attached to an aromatic ring is 1. The molecule has 120 valence electrons. The molecule has 0 bridgehead atoms. The van der Waals surface area contributed by atoms with E-state index in [2.05, 4.69) is 4.90 Å². The van der Waals surface area contributed by atoms with Gasteiger partial charge in [-0.1, -0.05) is 0 Å². The molecule has 6 heteroatoms. The van der Waals surface area contributed by atoms with Gasteiger partial charge in [-0.2, -0.15) is 0 Å². The quantitative estimate of drug-likeness (QED) is 0.658. The zero-order valence-corrected chi connectivity index (χ0v) is 13.3. The van der Waals surface area contributed by atoms with Crippen molar-refractivity contribution in [1.29, 1.82) is 0 Å². The molecule has 0 amide bonds. The summed E-state index contributed by atoms with van der Waals surface area (Å²) in [6.45, 7) is 3.62. The van der Waals surface area contributed by atoms with Gasteiger partial charge < -0.3 is 24.7 Å². The van der Waals surface area contributed by atoms with E-state index in [1.165, 1.54) is 0 Å². The van der Waals surface area contributed by atoms with E-state index in [1.54, 1.807) is 34.5 Å². The van der Waals surface area contributed by atoms with E-state index in [0.717, 1.165) is 18.7 Å². The molecule has 0 spiro atoms. The number of nitrogens with two attached hydrogens (primary N) is 1. The second-order valence-corrected chi connectivity index (χ2v) is 4.68. The fourth-order valence-corrected chi connectivity index (χ4v) is 2.14. The van der Waals surface area contributed by atoms with Gasteiger partial charge in [0.05, 0.1) is 27.4 Å². The minimum Gasteiger partial charge on any atom is -0.493 e. The maximum absolute atomic E-state index is 5.93. The number of rotatable bonds is 10. The van der Waals surface area contributed by atoms with Crippen molar-refractivity contribution < 1.29 is 18.9 Å². The SMILES string of the molecule is COCCN(CCOC)Cc1cc(N)cc(OC)c1OC. The Labute approximate surface area is 126 Å². The Morgan fingerprint density at radius 2 is 1.57 bits per heavy atom. The number of methoxy groups -OCH3 is 4. The van der Waals surface area contributed by atoms with Crippen LogP contribution in [0, 0.1) is 0 Å². The molecule has 1 aromatic carbocycles. The van der Waals surface area contributed by atoms with Crippen molar-refractivity contribution in [3.63, 3.8) is 0 Å². The van der Waals surface area contributed by atoms with Gasteiger partial charge in [0.1, 0.15) is 0 Å². The molecule has 1 rings (SSSR count). The van der Waals surface area contributed by atoms with E-state index in [9.17, 15) is 0 Å². The second-order valence-electron chi connectivity index (χ2n) is 4.68. The second kappa shape index (κ2) is 9.44. The summed E-state index contributed by atoms with van der Waals surface area (Å²) in [7, 11) is 6.62. The number of hydrogen-bond donors (Lipinski definition) is 1. The number of benzene rings is 1. The fraction of sp³-hybridized carbons (Fsp3) is 0.600. The molecule has 6 nitrogen and oxygen atoms in total. The molecule has 0 aromatic heterocycles. The summed E-state index contributed by atoms with van der Waals surface area (Å²) >= 11 is 0. The zero-order chi connectivity index (χ0) is 15.7. The van der Waals surface area contributed by atoms with Gasteiger partial charge >= 0.3 is 0 Å². The molecule has 0 aliphatic carbocycles. The third-order valence-corrected chi connectivity index (χ3v) is 3.20. The third-order valence-electron chi connectivity index (χ3n) is 3.20. The molecule has 0 radical (unpaired) electrons. The summed E-state index contributed by atoms with van der Waals surface area (Å²) in [6.07, 6.45) is 0. The normalized spacial score (nSPS) is 10.9. The van der Waals surface area contributed by atoms with Crippen molar-refractivity contribution >= 4 is 5.69 Å². The van der Waals surface area contributed by atoms with Crippen molar-refractivity contribution in [2.45, 2.75) is 6.54 Å². The first kappa shape index (κ1) is 17.6. The maximum Gasteiger partial charge on any atom is 0.165 e. The highest BCUT2D eigenvalue weighted by atomic mass is 16.5. The van der Waals surface area contributed by atoms with Crippen LogP contribution >= 0.6 is 0 Å². The highest BCUT2D eigenvalue weighted by Gasteiger charge is 2.15. The smallest absolute Gasteiger partial charge is 0.165 e. The Morgan fingerprint density at radius 1 is 0.952 bits per heavy atom. The Balaban J connectivity index is 2.92. The van der Waals surface area contributed by atoms with Crippen LogP contribution < -0.4 is 15.2 Å². The van der Waals surface area contributed by atoms with Crippen LogP contribution in [0.1, 0.15) is 5.56 Å². The fourth-order valence-electron chi connectivity index (χ4n) is 2.14. The van der Waals surface area contributed by atoms with Crippen molar-refractivity contribution in [3.05, 3.63) is 17.7 Å². The molecular weight excluding hydrogens is 272 g/mol. The Hall–Kier alpha value is -1.50. The van der Waals surface area contributed by atoms with Gasteiger partial charge in [0.15, 0.2) is 11.5 Å². The van der Waals surface area contributed by atoms with Crippen LogP contribution in [0.15, 0.2) is 12.1 Å². The number of hydrogen-bond acceptors (Lipinski definition) is 6. The average molecular weight is 298 g/mol. The molecule has 0 aliphatic heterocycles. The molecular formula is C15H26N2O4. The van der Waals surface area contributed by atoms with Crippen molar-refractivity contribution in [3.8, 4) is 11.5 Å². The third kappa shape index (κ3) is 5.41. The molecule has 0 aliphatic rings. The average Bonchev–Trinajstić information content (AvgIpc) is 2.49.